The molecule has 4 nitrogen and oxygen atoms in total. The number of carbonyl (C=O) groups excluding carboxylic acids is 1. The number of nitrogens with one attached hydrogen (secondary N) is 2. The molecule has 1 saturated heterocycles. The number of aliphatic hydroxyl groups is 1. The zero-order valence-electron chi connectivity index (χ0n) is 7.88. The second-order valence-electron chi connectivity index (χ2n) is 3.10. The van der Waals surface area contributed by atoms with Gasteiger partial charge in [-0.2, -0.15) is 0 Å². The quantitative estimate of drug-likeness (QED) is 0.353. The molecule has 5 heteroatoms. The van der Waals surface area contributed by atoms with Gasteiger partial charge in [0.2, 0.25) is 0 Å². The number of carbonyl (C=O) groups is 1. The van der Waals surface area contributed by atoms with Crippen LogP contribution in [0.25, 0.3) is 0 Å². The topological polar surface area (TPSA) is 61.4 Å². The molecule has 1 aliphatic rings. The zero-order valence-corrected chi connectivity index (χ0v) is 8.69. The van der Waals surface area contributed by atoms with Gasteiger partial charge in [-0.1, -0.05) is 12.5 Å². The Morgan fingerprint density at radius 1 is 1.29 bits per heavy atom. The summed E-state index contributed by atoms with van der Waals surface area (Å²) < 4.78 is 0. The Labute approximate surface area is 88.4 Å². The first-order valence-corrected chi connectivity index (χ1v) is 5.08. The summed E-state index contributed by atoms with van der Waals surface area (Å²) in [6, 6.07) is 0. The monoisotopic (exact) mass is 214 g/mol. The van der Waals surface area contributed by atoms with Gasteiger partial charge in [0.15, 0.2) is 5.11 Å². The average molecular weight is 214 g/mol. The first kappa shape index (κ1) is 11.1. The average Bonchev–Trinajstić information content (AvgIpc) is 2.45. The Morgan fingerprint density at radius 3 is 2.64 bits per heavy atom. The molecule has 0 bridgehead atoms. The van der Waals surface area contributed by atoms with E-state index in [-0.39, 0.29) is 12.5 Å². The van der Waals surface area contributed by atoms with Gasteiger partial charge < -0.3 is 10.4 Å². The number of hydrogen-bond acceptors (Lipinski definition) is 3. The summed E-state index contributed by atoms with van der Waals surface area (Å²) in [4.78, 5) is 11.1. The van der Waals surface area contributed by atoms with Crippen molar-refractivity contribution >= 4 is 23.2 Å². The van der Waals surface area contributed by atoms with Crippen LogP contribution in [0.15, 0.2) is 11.8 Å². The van der Waals surface area contributed by atoms with Gasteiger partial charge in [0.25, 0.3) is 5.91 Å². The van der Waals surface area contributed by atoms with E-state index in [4.69, 9.17) is 17.3 Å². The number of unbranched alkanes of at least 4 members (excludes halogenated alkanes) is 3. The van der Waals surface area contributed by atoms with Crippen LogP contribution in [0.4, 0.5) is 0 Å². The fourth-order valence-corrected chi connectivity index (χ4v) is 1.41. The number of hydrogen-bond donors (Lipinski definition) is 3. The number of rotatable bonds is 5. The van der Waals surface area contributed by atoms with Crippen molar-refractivity contribution in [3.63, 3.8) is 0 Å². The number of allylic oxidation sites excluding steroid dienone is 1. The fraction of sp³-hybridized carbons (Fsp3) is 0.556. The van der Waals surface area contributed by atoms with Crippen LogP contribution in [0.3, 0.4) is 0 Å². The van der Waals surface area contributed by atoms with Gasteiger partial charge in [0.1, 0.15) is 5.70 Å². The first-order valence-electron chi connectivity index (χ1n) is 4.67. The van der Waals surface area contributed by atoms with Crippen molar-refractivity contribution in [3.05, 3.63) is 11.8 Å². The van der Waals surface area contributed by atoms with Gasteiger partial charge in [-0.15, -0.1) is 0 Å². The zero-order chi connectivity index (χ0) is 10.4. The maximum atomic E-state index is 11.1. The predicted molar refractivity (Wildman–Crippen MR) is 57.5 cm³/mol. The van der Waals surface area contributed by atoms with E-state index in [9.17, 15) is 4.79 Å². The summed E-state index contributed by atoms with van der Waals surface area (Å²) in [6.45, 7) is 0.236. The molecule has 0 radical (unpaired) electrons. The van der Waals surface area contributed by atoms with Crippen LogP contribution in [0.1, 0.15) is 25.7 Å². The number of amides is 1. The van der Waals surface area contributed by atoms with E-state index in [0.717, 1.165) is 25.7 Å². The molecule has 3 N–H and O–H groups in total. The van der Waals surface area contributed by atoms with Crippen molar-refractivity contribution in [2.75, 3.05) is 6.61 Å². The van der Waals surface area contributed by atoms with Crippen LogP contribution in [0.2, 0.25) is 0 Å². The molecule has 1 amide bonds. The summed E-state index contributed by atoms with van der Waals surface area (Å²) in [7, 11) is 0. The molecule has 1 heterocycles. The Hall–Kier alpha value is -0.940. The maximum absolute atomic E-state index is 11.1. The third-order valence-corrected chi connectivity index (χ3v) is 2.13. The summed E-state index contributed by atoms with van der Waals surface area (Å²) >= 11 is 4.78. The van der Waals surface area contributed by atoms with E-state index in [2.05, 4.69) is 10.6 Å². The molecule has 0 aliphatic carbocycles. The fourth-order valence-electron chi connectivity index (χ4n) is 1.20. The number of aliphatic hydroxyl groups excluding tert-OH is 1. The largest absolute Gasteiger partial charge is 0.396 e. The van der Waals surface area contributed by atoms with Crippen molar-refractivity contribution in [1.82, 2.24) is 10.6 Å². The van der Waals surface area contributed by atoms with E-state index in [1.165, 1.54) is 0 Å². The van der Waals surface area contributed by atoms with Gasteiger partial charge >= 0.3 is 0 Å². The number of thiocarbonyl (C=S) groups is 1. The molecule has 78 valence electrons. The standard InChI is InChI=1S/C9H14N2O2S/c12-6-4-2-1-3-5-7-8(13)11-9(14)10-7/h5,12H,1-4,6H2,(H2,10,11,13,14)/b7-5-. The molecule has 1 fully saturated rings. The SMILES string of the molecule is O=C1NC(=S)N/C1=C\CCCCCO. The second kappa shape index (κ2) is 5.72. The lowest BCUT2D eigenvalue weighted by Gasteiger charge is -1.96. The minimum Gasteiger partial charge on any atom is -0.396 e. The minimum absolute atomic E-state index is 0.155. The molecule has 1 aliphatic heterocycles. The van der Waals surface area contributed by atoms with Gasteiger partial charge in [0, 0.05) is 6.61 Å². The first-order chi connectivity index (χ1) is 6.74. The van der Waals surface area contributed by atoms with E-state index in [1.807, 2.05) is 6.08 Å². The van der Waals surface area contributed by atoms with Crippen LogP contribution < -0.4 is 10.6 Å². The highest BCUT2D eigenvalue weighted by Crippen LogP contribution is 2.04. The van der Waals surface area contributed by atoms with E-state index in [0.29, 0.717) is 10.8 Å². The minimum atomic E-state index is -0.155. The predicted octanol–water partition coefficient (Wildman–Crippen LogP) is 0.427. The van der Waals surface area contributed by atoms with Gasteiger partial charge in [-0.3, -0.25) is 10.1 Å². The summed E-state index contributed by atoms with van der Waals surface area (Å²) in [5.41, 5.74) is 0.541. The smallest absolute Gasteiger partial charge is 0.273 e. The molecular formula is C9H14N2O2S. The Morgan fingerprint density at radius 2 is 2.07 bits per heavy atom. The lowest BCUT2D eigenvalue weighted by molar-refractivity contribution is -0.115. The molecule has 0 saturated carbocycles. The molecule has 0 unspecified atom stereocenters. The lowest BCUT2D eigenvalue weighted by atomic mass is 10.2. The van der Waals surface area contributed by atoms with E-state index < -0.39 is 0 Å². The van der Waals surface area contributed by atoms with Gasteiger partial charge in [0.05, 0.1) is 0 Å². The van der Waals surface area contributed by atoms with Crippen molar-refractivity contribution in [3.8, 4) is 0 Å². The Kier molecular flexibility index (Phi) is 4.55. The second-order valence-corrected chi connectivity index (χ2v) is 3.51. The van der Waals surface area contributed by atoms with Crippen LogP contribution >= 0.6 is 12.2 Å². The van der Waals surface area contributed by atoms with Crippen molar-refractivity contribution < 1.29 is 9.90 Å². The summed E-state index contributed by atoms with van der Waals surface area (Å²) in [5.74, 6) is -0.155. The summed E-state index contributed by atoms with van der Waals surface area (Å²) in [6.07, 6.45) is 5.45. The van der Waals surface area contributed by atoms with Crippen molar-refractivity contribution in [2.24, 2.45) is 0 Å². The lowest BCUT2D eigenvalue weighted by Crippen LogP contribution is -2.21. The summed E-state index contributed by atoms with van der Waals surface area (Å²) in [5, 5.41) is 14.2. The van der Waals surface area contributed by atoms with Gasteiger partial charge in [-0.05, 0) is 31.5 Å². The molecule has 1 rings (SSSR count). The third kappa shape index (κ3) is 3.43. The van der Waals surface area contributed by atoms with Crippen LogP contribution in [0.5, 0.6) is 0 Å². The van der Waals surface area contributed by atoms with E-state index >= 15 is 0 Å². The third-order valence-electron chi connectivity index (χ3n) is 1.93. The molecule has 14 heavy (non-hydrogen) atoms. The molecule has 0 atom stereocenters. The van der Waals surface area contributed by atoms with Crippen LogP contribution in [-0.2, 0) is 4.79 Å². The molecule has 0 aromatic rings. The molecular weight excluding hydrogens is 200 g/mol. The highest BCUT2D eigenvalue weighted by atomic mass is 32.1. The van der Waals surface area contributed by atoms with Crippen molar-refractivity contribution in [2.45, 2.75) is 25.7 Å². The molecule has 0 aromatic carbocycles. The Bertz CT molecular complexity index is 264. The van der Waals surface area contributed by atoms with Crippen LogP contribution in [0, 0.1) is 0 Å². The highest BCUT2D eigenvalue weighted by molar-refractivity contribution is 7.80. The van der Waals surface area contributed by atoms with Gasteiger partial charge in [-0.25, -0.2) is 0 Å². The van der Waals surface area contributed by atoms with Crippen LogP contribution in [-0.4, -0.2) is 22.7 Å². The van der Waals surface area contributed by atoms with Crippen molar-refractivity contribution in [1.29, 1.82) is 0 Å². The maximum Gasteiger partial charge on any atom is 0.273 e. The van der Waals surface area contributed by atoms with E-state index in [1.54, 1.807) is 0 Å². The molecule has 0 spiro atoms. The highest BCUT2D eigenvalue weighted by Gasteiger charge is 2.18. The normalized spacial score (nSPS) is 18.5. The Balaban J connectivity index is 2.24. The molecule has 0 aromatic heterocycles.